The van der Waals surface area contributed by atoms with Crippen LogP contribution in [-0.4, -0.2) is 29.5 Å². The third-order valence-electron chi connectivity index (χ3n) is 4.44. The van der Waals surface area contributed by atoms with Crippen LogP contribution in [0, 0.1) is 6.92 Å². The maximum Gasteiger partial charge on any atom is 0.410 e. The van der Waals surface area contributed by atoms with Crippen molar-refractivity contribution in [3.63, 3.8) is 0 Å². The summed E-state index contributed by atoms with van der Waals surface area (Å²) in [6, 6.07) is 14.7. The Morgan fingerprint density at radius 3 is 2.73 bits per heavy atom. The first kappa shape index (κ1) is 18.5. The molecule has 6 heteroatoms. The van der Waals surface area contributed by atoms with Gasteiger partial charge in [-0.2, -0.15) is 0 Å². The van der Waals surface area contributed by atoms with E-state index in [2.05, 4.69) is 21.2 Å². The van der Waals surface area contributed by atoms with Gasteiger partial charge < -0.3 is 10.1 Å². The zero-order valence-electron chi connectivity index (χ0n) is 14.6. The van der Waals surface area contributed by atoms with Crippen molar-refractivity contribution in [1.82, 2.24) is 4.90 Å². The molecule has 26 heavy (non-hydrogen) atoms. The summed E-state index contributed by atoms with van der Waals surface area (Å²) in [6.07, 6.45) is 0.985. The highest BCUT2D eigenvalue weighted by Crippen LogP contribution is 2.23. The highest BCUT2D eigenvalue weighted by molar-refractivity contribution is 9.10. The summed E-state index contributed by atoms with van der Waals surface area (Å²) in [6.45, 7) is 2.67. The highest BCUT2D eigenvalue weighted by atomic mass is 79.9. The molecule has 5 nitrogen and oxygen atoms in total. The van der Waals surface area contributed by atoms with Gasteiger partial charge in [0, 0.05) is 16.7 Å². The van der Waals surface area contributed by atoms with Gasteiger partial charge in [-0.15, -0.1) is 0 Å². The molecule has 2 amide bonds. The SMILES string of the molecule is Cc1cc(Br)ccc1NC(=O)C1CCCN1C(=O)OCc1ccccc1. The molecule has 0 bridgehead atoms. The average Bonchev–Trinajstić information content (AvgIpc) is 3.13. The first-order valence-electron chi connectivity index (χ1n) is 8.59. The second-order valence-electron chi connectivity index (χ2n) is 6.34. The van der Waals surface area contributed by atoms with Crippen LogP contribution in [0.2, 0.25) is 0 Å². The van der Waals surface area contributed by atoms with Crippen molar-refractivity contribution in [1.29, 1.82) is 0 Å². The van der Waals surface area contributed by atoms with Gasteiger partial charge >= 0.3 is 6.09 Å². The lowest BCUT2D eigenvalue weighted by Gasteiger charge is -2.23. The third-order valence-corrected chi connectivity index (χ3v) is 4.93. The summed E-state index contributed by atoms with van der Waals surface area (Å²) >= 11 is 3.41. The van der Waals surface area contributed by atoms with Gasteiger partial charge in [-0.3, -0.25) is 9.69 Å². The molecule has 136 valence electrons. The predicted octanol–water partition coefficient (Wildman–Crippen LogP) is 4.50. The van der Waals surface area contributed by atoms with Crippen LogP contribution in [0.5, 0.6) is 0 Å². The lowest BCUT2D eigenvalue weighted by Crippen LogP contribution is -2.43. The van der Waals surface area contributed by atoms with Gasteiger partial charge in [0.25, 0.3) is 0 Å². The van der Waals surface area contributed by atoms with Gasteiger partial charge in [0.1, 0.15) is 12.6 Å². The molecule has 2 aromatic rings. The number of halogens is 1. The molecule has 1 saturated heterocycles. The summed E-state index contributed by atoms with van der Waals surface area (Å²) in [5.74, 6) is -0.176. The Labute approximate surface area is 161 Å². The first-order valence-corrected chi connectivity index (χ1v) is 9.38. The highest BCUT2D eigenvalue weighted by Gasteiger charge is 2.35. The Bertz CT molecular complexity index is 795. The van der Waals surface area contributed by atoms with Crippen LogP contribution in [0.1, 0.15) is 24.0 Å². The van der Waals surface area contributed by atoms with E-state index >= 15 is 0 Å². The molecule has 1 aliphatic heterocycles. The number of hydrogen-bond acceptors (Lipinski definition) is 3. The number of rotatable bonds is 4. The summed E-state index contributed by atoms with van der Waals surface area (Å²) in [4.78, 5) is 26.6. The van der Waals surface area contributed by atoms with Crippen molar-refractivity contribution in [2.75, 3.05) is 11.9 Å². The van der Waals surface area contributed by atoms with Crippen molar-refractivity contribution in [2.45, 2.75) is 32.4 Å². The Morgan fingerprint density at radius 2 is 2.00 bits per heavy atom. The molecule has 0 aliphatic carbocycles. The normalized spacial score (nSPS) is 16.4. The Hall–Kier alpha value is -2.34. The van der Waals surface area contributed by atoms with E-state index in [4.69, 9.17) is 4.74 Å². The van der Waals surface area contributed by atoms with E-state index in [0.717, 1.165) is 27.7 Å². The van der Waals surface area contributed by atoms with Crippen LogP contribution in [0.15, 0.2) is 53.0 Å². The van der Waals surface area contributed by atoms with Gasteiger partial charge in [0.15, 0.2) is 0 Å². The monoisotopic (exact) mass is 416 g/mol. The molecule has 1 atom stereocenters. The molecule has 0 radical (unpaired) electrons. The van der Waals surface area contributed by atoms with Gasteiger partial charge in [0.05, 0.1) is 0 Å². The second kappa shape index (κ2) is 8.36. The van der Waals surface area contributed by atoms with Crippen molar-refractivity contribution in [3.05, 3.63) is 64.1 Å². The maximum atomic E-state index is 12.7. The van der Waals surface area contributed by atoms with Gasteiger partial charge in [-0.1, -0.05) is 46.3 Å². The quantitative estimate of drug-likeness (QED) is 0.797. The molecule has 3 rings (SSSR count). The molecule has 0 spiro atoms. The van der Waals surface area contributed by atoms with Gasteiger partial charge in [-0.05, 0) is 49.1 Å². The Kier molecular flexibility index (Phi) is 5.93. The molecule has 1 N–H and O–H groups in total. The van der Waals surface area contributed by atoms with Crippen molar-refractivity contribution in [3.8, 4) is 0 Å². The average molecular weight is 417 g/mol. The van der Waals surface area contributed by atoms with Crippen molar-refractivity contribution < 1.29 is 14.3 Å². The van der Waals surface area contributed by atoms with Crippen LogP contribution in [0.3, 0.4) is 0 Å². The van der Waals surface area contributed by atoms with E-state index in [0.29, 0.717) is 13.0 Å². The third kappa shape index (κ3) is 4.43. The van der Waals surface area contributed by atoms with Crippen LogP contribution in [-0.2, 0) is 16.1 Å². The zero-order chi connectivity index (χ0) is 18.5. The van der Waals surface area contributed by atoms with Gasteiger partial charge in [-0.25, -0.2) is 4.79 Å². The lowest BCUT2D eigenvalue weighted by atomic mass is 10.1. The van der Waals surface area contributed by atoms with Crippen molar-refractivity contribution >= 4 is 33.6 Å². The summed E-state index contributed by atoms with van der Waals surface area (Å²) in [5, 5.41) is 2.93. The number of benzene rings is 2. The predicted molar refractivity (Wildman–Crippen MR) is 104 cm³/mol. The minimum atomic E-state index is -0.499. The number of hydrogen-bond donors (Lipinski definition) is 1. The number of nitrogens with one attached hydrogen (secondary N) is 1. The fourth-order valence-corrected chi connectivity index (χ4v) is 3.52. The molecule has 1 unspecified atom stereocenters. The number of amides is 2. The second-order valence-corrected chi connectivity index (χ2v) is 7.26. The fraction of sp³-hybridized carbons (Fsp3) is 0.300. The number of ether oxygens (including phenoxy) is 1. The molecule has 2 aromatic carbocycles. The Morgan fingerprint density at radius 1 is 1.23 bits per heavy atom. The summed E-state index contributed by atoms with van der Waals surface area (Å²) in [7, 11) is 0. The molecule has 1 fully saturated rings. The van der Waals surface area contributed by atoms with E-state index in [1.54, 1.807) is 0 Å². The van der Waals surface area contributed by atoms with E-state index in [1.807, 2.05) is 55.5 Å². The van der Waals surface area contributed by atoms with Gasteiger partial charge in [0.2, 0.25) is 5.91 Å². The molecule has 0 aromatic heterocycles. The molecule has 0 saturated carbocycles. The summed E-state index contributed by atoms with van der Waals surface area (Å²) in [5.41, 5.74) is 2.64. The first-order chi connectivity index (χ1) is 12.5. The number of aryl methyl sites for hydroxylation is 1. The number of likely N-dealkylation sites (tertiary alicyclic amines) is 1. The van der Waals surface area contributed by atoms with Crippen LogP contribution >= 0.6 is 15.9 Å². The standard InChI is InChI=1S/C20H21BrN2O3/c1-14-12-16(21)9-10-17(14)22-19(24)18-8-5-11-23(18)20(25)26-13-15-6-3-2-4-7-15/h2-4,6-7,9-10,12,18H,5,8,11,13H2,1H3,(H,22,24). The van der Waals surface area contributed by atoms with E-state index in [-0.39, 0.29) is 12.5 Å². The van der Waals surface area contributed by atoms with Crippen LogP contribution in [0.4, 0.5) is 10.5 Å². The van der Waals surface area contributed by atoms with E-state index in [1.165, 1.54) is 4.90 Å². The minimum absolute atomic E-state index is 0.176. The molecule has 1 heterocycles. The fourth-order valence-electron chi connectivity index (χ4n) is 3.04. The van der Waals surface area contributed by atoms with Crippen LogP contribution < -0.4 is 5.32 Å². The maximum absolute atomic E-state index is 12.7. The van der Waals surface area contributed by atoms with Crippen LogP contribution in [0.25, 0.3) is 0 Å². The van der Waals surface area contributed by atoms with E-state index in [9.17, 15) is 9.59 Å². The minimum Gasteiger partial charge on any atom is -0.445 e. The lowest BCUT2D eigenvalue weighted by molar-refractivity contribution is -0.120. The topological polar surface area (TPSA) is 58.6 Å². The number of anilines is 1. The number of nitrogens with zero attached hydrogens (tertiary/aromatic N) is 1. The van der Waals surface area contributed by atoms with E-state index < -0.39 is 12.1 Å². The largest absolute Gasteiger partial charge is 0.445 e. The molecular formula is C20H21BrN2O3. The number of carbonyl (C=O) groups is 2. The molecule has 1 aliphatic rings. The summed E-state index contributed by atoms with van der Waals surface area (Å²) < 4.78 is 6.34. The smallest absolute Gasteiger partial charge is 0.410 e. The molecular weight excluding hydrogens is 396 g/mol. The Balaban J connectivity index is 1.61. The number of carbonyl (C=O) groups excluding carboxylic acids is 2. The zero-order valence-corrected chi connectivity index (χ0v) is 16.2. The van der Waals surface area contributed by atoms with Crippen molar-refractivity contribution in [2.24, 2.45) is 0 Å².